The molecule has 0 heterocycles. The van der Waals surface area contributed by atoms with Gasteiger partial charge in [-0.25, -0.2) is 13.2 Å². The first kappa shape index (κ1) is 11.1. The van der Waals surface area contributed by atoms with E-state index in [1.807, 2.05) is 6.07 Å². The summed E-state index contributed by atoms with van der Waals surface area (Å²) in [6.45, 7) is 0. The summed E-state index contributed by atoms with van der Waals surface area (Å²) in [5.74, 6) is -0.405. The molecule has 0 aliphatic rings. The van der Waals surface area contributed by atoms with E-state index in [2.05, 4.69) is 4.40 Å². The van der Waals surface area contributed by atoms with Crippen LogP contribution in [0.15, 0.2) is 28.7 Å². The normalized spacial score (nSPS) is 10.1. The van der Waals surface area contributed by atoms with Crippen LogP contribution in [0.2, 0.25) is 0 Å². The van der Waals surface area contributed by atoms with E-state index in [1.165, 1.54) is 6.07 Å². The number of sulfonamides is 1. The van der Waals surface area contributed by atoms with Gasteiger partial charge in [-0.1, -0.05) is 16.5 Å². The number of nitriles is 1. The first-order valence-electron chi connectivity index (χ1n) is 3.88. The number of isocyanates is 1. The van der Waals surface area contributed by atoms with Crippen molar-refractivity contribution >= 4 is 16.1 Å². The maximum atomic E-state index is 11.1. The Hall–Kier alpha value is -1.96. The molecule has 0 aromatic heterocycles. The monoisotopic (exact) mass is 222 g/mol. The van der Waals surface area contributed by atoms with E-state index >= 15 is 0 Å². The Kier molecular flexibility index (Phi) is 3.34. The summed E-state index contributed by atoms with van der Waals surface area (Å²) in [7, 11) is -3.82. The number of nitrogens with zero attached hydrogens (tertiary/aromatic N) is 2. The minimum Gasteiger partial charge on any atom is -0.210 e. The van der Waals surface area contributed by atoms with E-state index < -0.39 is 15.8 Å². The zero-order valence-electron chi connectivity index (χ0n) is 7.54. The van der Waals surface area contributed by atoms with Crippen LogP contribution in [0.4, 0.5) is 0 Å². The van der Waals surface area contributed by atoms with E-state index in [-0.39, 0.29) is 0 Å². The van der Waals surface area contributed by atoms with Crippen molar-refractivity contribution in [3.63, 3.8) is 0 Å². The molecule has 1 rings (SSSR count). The van der Waals surface area contributed by atoms with Crippen molar-refractivity contribution < 1.29 is 13.2 Å². The lowest BCUT2D eigenvalue weighted by Gasteiger charge is -1.97. The summed E-state index contributed by atoms with van der Waals surface area (Å²) in [4.78, 5) is 9.81. The highest BCUT2D eigenvalue weighted by molar-refractivity contribution is 7.89. The standard InChI is InChI=1S/C9H6N2O3S/c10-5-8-2-1-3-9(4-8)6-15(13,14)11-7-12/h1-4H,6H2. The fraction of sp³-hybridized carbons (Fsp3) is 0.111. The highest BCUT2D eigenvalue weighted by atomic mass is 32.2. The number of rotatable bonds is 3. The summed E-state index contributed by atoms with van der Waals surface area (Å²) >= 11 is 0. The predicted molar refractivity (Wildman–Crippen MR) is 51.9 cm³/mol. The molecular weight excluding hydrogens is 216 g/mol. The fourth-order valence-electron chi connectivity index (χ4n) is 1.03. The zero-order chi connectivity index (χ0) is 11.3. The molecule has 0 spiro atoms. The summed E-state index contributed by atoms with van der Waals surface area (Å²) in [6.07, 6.45) is 0.979. The maximum Gasteiger partial charge on any atom is 0.267 e. The molecule has 0 bridgehead atoms. The van der Waals surface area contributed by atoms with Gasteiger partial charge in [-0.3, -0.25) is 0 Å². The third-order valence-electron chi connectivity index (χ3n) is 1.58. The Morgan fingerprint density at radius 2 is 2.13 bits per heavy atom. The Balaban J connectivity index is 3.01. The van der Waals surface area contributed by atoms with Gasteiger partial charge in [0.05, 0.1) is 17.4 Å². The van der Waals surface area contributed by atoms with Gasteiger partial charge in [0.2, 0.25) is 0 Å². The molecule has 0 saturated carbocycles. The van der Waals surface area contributed by atoms with E-state index in [0.29, 0.717) is 11.1 Å². The summed E-state index contributed by atoms with van der Waals surface area (Å²) in [6, 6.07) is 7.97. The quantitative estimate of drug-likeness (QED) is 0.557. The first-order chi connectivity index (χ1) is 7.07. The van der Waals surface area contributed by atoms with Crippen LogP contribution >= 0.6 is 0 Å². The Labute approximate surface area is 86.7 Å². The number of hydrogen-bond donors (Lipinski definition) is 0. The second-order valence-electron chi connectivity index (χ2n) is 2.72. The molecule has 0 aliphatic heterocycles. The summed E-state index contributed by atoms with van der Waals surface area (Å²) in [5.41, 5.74) is 0.769. The zero-order valence-corrected chi connectivity index (χ0v) is 8.36. The molecule has 76 valence electrons. The van der Waals surface area contributed by atoms with Gasteiger partial charge in [-0.05, 0) is 17.7 Å². The lowest BCUT2D eigenvalue weighted by molar-refractivity contribution is 0.563. The van der Waals surface area contributed by atoms with Crippen molar-refractivity contribution in [2.45, 2.75) is 5.75 Å². The molecule has 0 atom stereocenters. The smallest absolute Gasteiger partial charge is 0.210 e. The van der Waals surface area contributed by atoms with Crippen LogP contribution in [0.1, 0.15) is 11.1 Å². The van der Waals surface area contributed by atoms with Crippen molar-refractivity contribution in [3.05, 3.63) is 35.4 Å². The van der Waals surface area contributed by atoms with Gasteiger partial charge in [0.15, 0.2) is 0 Å². The van der Waals surface area contributed by atoms with Gasteiger partial charge in [0.1, 0.15) is 0 Å². The molecule has 0 radical (unpaired) electrons. The highest BCUT2D eigenvalue weighted by Gasteiger charge is 2.09. The average molecular weight is 222 g/mol. The predicted octanol–water partition coefficient (Wildman–Crippen LogP) is 0.724. The van der Waals surface area contributed by atoms with E-state index in [0.717, 1.165) is 6.08 Å². The third kappa shape index (κ3) is 3.35. The van der Waals surface area contributed by atoms with Crippen LogP contribution in [0.25, 0.3) is 0 Å². The third-order valence-corrected chi connectivity index (χ3v) is 2.63. The first-order valence-corrected chi connectivity index (χ1v) is 5.49. The molecule has 0 saturated heterocycles. The lowest BCUT2D eigenvalue weighted by atomic mass is 10.2. The second kappa shape index (κ2) is 4.51. The van der Waals surface area contributed by atoms with Crippen LogP contribution in [0.5, 0.6) is 0 Å². The molecule has 1 aromatic carbocycles. The summed E-state index contributed by atoms with van der Waals surface area (Å²) in [5, 5.41) is 8.58. The van der Waals surface area contributed by atoms with E-state index in [4.69, 9.17) is 5.26 Å². The molecule has 0 N–H and O–H groups in total. The van der Waals surface area contributed by atoms with Crippen molar-refractivity contribution in [3.8, 4) is 6.07 Å². The van der Waals surface area contributed by atoms with Crippen LogP contribution in [-0.2, 0) is 20.6 Å². The van der Waals surface area contributed by atoms with Crippen LogP contribution in [-0.4, -0.2) is 14.5 Å². The minimum absolute atomic E-state index is 0.359. The Morgan fingerprint density at radius 1 is 1.40 bits per heavy atom. The number of carbonyl (C=O) groups excluding carboxylic acids is 1. The van der Waals surface area contributed by atoms with Crippen molar-refractivity contribution in [1.29, 1.82) is 5.26 Å². The van der Waals surface area contributed by atoms with Gasteiger partial charge >= 0.3 is 0 Å². The molecule has 0 fully saturated rings. The molecule has 15 heavy (non-hydrogen) atoms. The molecule has 6 heteroatoms. The second-order valence-corrected chi connectivity index (χ2v) is 4.36. The summed E-state index contributed by atoms with van der Waals surface area (Å²) < 4.78 is 24.9. The minimum atomic E-state index is -3.82. The largest absolute Gasteiger partial charge is 0.267 e. The lowest BCUT2D eigenvalue weighted by Crippen LogP contribution is -2.00. The molecular formula is C9H6N2O3S. The van der Waals surface area contributed by atoms with Crippen molar-refractivity contribution in [1.82, 2.24) is 0 Å². The number of hydrogen-bond acceptors (Lipinski definition) is 4. The SMILES string of the molecule is N#Cc1cccc(CS(=O)(=O)N=C=O)c1. The van der Waals surface area contributed by atoms with Crippen LogP contribution in [0, 0.1) is 11.3 Å². The fourth-order valence-corrected chi connectivity index (χ4v) is 1.81. The van der Waals surface area contributed by atoms with Gasteiger partial charge in [-0.15, -0.1) is 0 Å². The molecule has 1 aromatic rings. The van der Waals surface area contributed by atoms with Crippen molar-refractivity contribution in [2.24, 2.45) is 4.40 Å². The van der Waals surface area contributed by atoms with E-state index in [1.54, 1.807) is 18.2 Å². The van der Waals surface area contributed by atoms with Crippen LogP contribution in [0.3, 0.4) is 0 Å². The van der Waals surface area contributed by atoms with Gasteiger partial charge in [0.25, 0.3) is 16.1 Å². The van der Waals surface area contributed by atoms with Gasteiger partial charge < -0.3 is 0 Å². The molecule has 0 aliphatic carbocycles. The van der Waals surface area contributed by atoms with E-state index in [9.17, 15) is 13.2 Å². The molecule has 0 unspecified atom stereocenters. The Morgan fingerprint density at radius 3 is 2.73 bits per heavy atom. The average Bonchev–Trinajstić information content (AvgIpc) is 2.17. The molecule has 0 amide bonds. The molecule has 5 nitrogen and oxygen atoms in total. The van der Waals surface area contributed by atoms with Crippen molar-refractivity contribution in [2.75, 3.05) is 0 Å². The highest BCUT2D eigenvalue weighted by Crippen LogP contribution is 2.09. The Bertz CT molecular complexity index is 551. The number of benzene rings is 1. The topological polar surface area (TPSA) is 87.4 Å². The van der Waals surface area contributed by atoms with Gasteiger partial charge in [-0.2, -0.15) is 5.26 Å². The van der Waals surface area contributed by atoms with Crippen LogP contribution < -0.4 is 0 Å². The van der Waals surface area contributed by atoms with Gasteiger partial charge in [0, 0.05) is 0 Å². The maximum absolute atomic E-state index is 11.1.